The lowest BCUT2D eigenvalue weighted by Crippen LogP contribution is -2.37. The van der Waals surface area contributed by atoms with Gasteiger partial charge >= 0.3 is 5.97 Å². The van der Waals surface area contributed by atoms with E-state index in [4.69, 9.17) is 9.84 Å². The largest absolute Gasteiger partial charge is 0.481 e. The van der Waals surface area contributed by atoms with Crippen LogP contribution in [0.25, 0.3) is 0 Å². The lowest BCUT2D eigenvalue weighted by molar-refractivity contribution is -0.139. The Bertz CT molecular complexity index is 508. The van der Waals surface area contributed by atoms with Gasteiger partial charge in [-0.25, -0.2) is 0 Å². The molecule has 1 amide bonds. The first kappa shape index (κ1) is 16.8. The molecule has 6 heteroatoms. The van der Waals surface area contributed by atoms with E-state index in [1.54, 1.807) is 23.8 Å². The maximum Gasteiger partial charge on any atom is 0.305 e. The molecule has 1 N–H and O–H groups in total. The highest BCUT2D eigenvalue weighted by Gasteiger charge is 2.36. The van der Waals surface area contributed by atoms with Gasteiger partial charge in [0.25, 0.3) is 0 Å². The summed E-state index contributed by atoms with van der Waals surface area (Å²) in [6.07, 6.45) is 0.930. The molecule has 0 radical (unpaired) electrons. The van der Waals surface area contributed by atoms with Crippen LogP contribution < -0.4 is 0 Å². The van der Waals surface area contributed by atoms with E-state index in [1.165, 1.54) is 0 Å². The third kappa shape index (κ3) is 4.74. The van der Waals surface area contributed by atoms with Gasteiger partial charge in [0.1, 0.15) is 0 Å². The van der Waals surface area contributed by atoms with Crippen molar-refractivity contribution in [2.45, 2.75) is 36.3 Å². The molecule has 1 saturated heterocycles. The molecule has 22 heavy (non-hydrogen) atoms. The molecular weight excluding hydrogens is 302 g/mol. The van der Waals surface area contributed by atoms with E-state index in [-0.39, 0.29) is 24.5 Å². The Balaban J connectivity index is 1.85. The zero-order valence-electron chi connectivity index (χ0n) is 12.6. The molecule has 0 saturated carbocycles. The number of carbonyl (C=O) groups excluding carboxylic acids is 1. The zero-order chi connectivity index (χ0) is 15.9. The van der Waals surface area contributed by atoms with Gasteiger partial charge in [-0.2, -0.15) is 0 Å². The molecule has 1 aliphatic heterocycles. The molecule has 2 rings (SSSR count). The second kappa shape index (κ2) is 8.19. The summed E-state index contributed by atoms with van der Waals surface area (Å²) >= 11 is 1.63. The van der Waals surface area contributed by atoms with Crippen LogP contribution in [0.15, 0.2) is 35.2 Å². The third-order valence-electron chi connectivity index (χ3n) is 3.77. The molecule has 1 heterocycles. The lowest BCUT2D eigenvalue weighted by Gasteiger charge is -2.23. The summed E-state index contributed by atoms with van der Waals surface area (Å²) in [7, 11) is 1.60. The van der Waals surface area contributed by atoms with Crippen molar-refractivity contribution in [2.75, 3.05) is 19.4 Å². The molecule has 2 atom stereocenters. The van der Waals surface area contributed by atoms with E-state index in [9.17, 15) is 9.59 Å². The predicted octanol–water partition coefficient (Wildman–Crippen LogP) is 2.26. The van der Waals surface area contributed by atoms with E-state index in [0.29, 0.717) is 25.1 Å². The summed E-state index contributed by atoms with van der Waals surface area (Å²) in [5.74, 6) is -0.177. The minimum Gasteiger partial charge on any atom is -0.481 e. The van der Waals surface area contributed by atoms with Gasteiger partial charge in [-0.1, -0.05) is 18.2 Å². The molecule has 1 fully saturated rings. The fraction of sp³-hybridized carbons (Fsp3) is 0.500. The van der Waals surface area contributed by atoms with Crippen molar-refractivity contribution in [3.63, 3.8) is 0 Å². The molecule has 2 unspecified atom stereocenters. The number of likely N-dealkylation sites (tertiary alicyclic amines) is 1. The number of nitrogens with zero attached hydrogens (tertiary/aromatic N) is 1. The fourth-order valence-corrected chi connectivity index (χ4v) is 3.52. The Morgan fingerprint density at radius 1 is 1.36 bits per heavy atom. The second-order valence-corrected chi connectivity index (χ2v) is 6.47. The van der Waals surface area contributed by atoms with Crippen LogP contribution in [0.4, 0.5) is 0 Å². The first-order valence-corrected chi connectivity index (χ1v) is 8.30. The number of hydrogen-bond donors (Lipinski definition) is 1. The maximum absolute atomic E-state index is 12.4. The second-order valence-electron chi connectivity index (χ2n) is 5.30. The molecule has 1 aromatic rings. The standard InChI is InChI=1S/C16H21NO4S/c1-21-13-9-12(10-16(19)20)17(11-13)15(18)7-8-22-14-5-3-2-4-6-14/h2-6,12-13H,7-11H2,1H3,(H,19,20). The van der Waals surface area contributed by atoms with E-state index in [1.807, 2.05) is 30.3 Å². The summed E-state index contributed by atoms with van der Waals surface area (Å²) in [6.45, 7) is 0.489. The zero-order valence-corrected chi connectivity index (χ0v) is 13.4. The average molecular weight is 323 g/mol. The van der Waals surface area contributed by atoms with Crippen LogP contribution in [-0.4, -0.2) is 53.4 Å². The number of amides is 1. The number of carboxylic acid groups (broad SMARTS) is 1. The van der Waals surface area contributed by atoms with Crippen LogP contribution in [-0.2, 0) is 14.3 Å². The summed E-state index contributed by atoms with van der Waals surface area (Å²) in [5.41, 5.74) is 0. The molecule has 0 aromatic heterocycles. The predicted molar refractivity (Wildman–Crippen MR) is 85.0 cm³/mol. The number of aliphatic carboxylic acids is 1. The molecule has 1 aromatic carbocycles. The summed E-state index contributed by atoms with van der Waals surface area (Å²) in [5, 5.41) is 8.97. The van der Waals surface area contributed by atoms with Crippen LogP contribution in [0.1, 0.15) is 19.3 Å². The van der Waals surface area contributed by atoms with Gasteiger partial charge in [-0.3, -0.25) is 9.59 Å². The SMILES string of the molecule is COC1CC(CC(=O)O)N(C(=O)CCSc2ccccc2)C1. The van der Waals surface area contributed by atoms with Crippen LogP contribution in [0.3, 0.4) is 0 Å². The van der Waals surface area contributed by atoms with Crippen molar-refractivity contribution in [3.05, 3.63) is 30.3 Å². The highest BCUT2D eigenvalue weighted by Crippen LogP contribution is 2.25. The Hall–Kier alpha value is -1.53. The maximum atomic E-state index is 12.4. The summed E-state index contributed by atoms with van der Waals surface area (Å²) < 4.78 is 5.29. The van der Waals surface area contributed by atoms with Gasteiger partial charge in [0.2, 0.25) is 5.91 Å². The topological polar surface area (TPSA) is 66.8 Å². The number of carboxylic acids is 1. The molecular formula is C16H21NO4S. The number of thioether (sulfide) groups is 1. The first-order valence-electron chi connectivity index (χ1n) is 7.32. The van der Waals surface area contributed by atoms with Gasteiger partial charge in [0.15, 0.2) is 0 Å². The van der Waals surface area contributed by atoms with Crippen molar-refractivity contribution in [1.82, 2.24) is 4.90 Å². The van der Waals surface area contributed by atoms with E-state index in [2.05, 4.69) is 0 Å². The molecule has 0 spiro atoms. The molecule has 5 nitrogen and oxygen atoms in total. The Kier molecular flexibility index (Phi) is 6.27. The summed E-state index contributed by atoms with van der Waals surface area (Å²) in [6, 6.07) is 9.67. The monoisotopic (exact) mass is 323 g/mol. The highest BCUT2D eigenvalue weighted by atomic mass is 32.2. The van der Waals surface area contributed by atoms with E-state index < -0.39 is 5.97 Å². The minimum absolute atomic E-state index is 0.00855. The van der Waals surface area contributed by atoms with Gasteiger partial charge in [-0.15, -0.1) is 11.8 Å². The normalized spacial score (nSPS) is 21.0. The number of benzene rings is 1. The fourth-order valence-electron chi connectivity index (χ4n) is 2.66. The molecule has 0 aliphatic carbocycles. The van der Waals surface area contributed by atoms with Crippen molar-refractivity contribution in [2.24, 2.45) is 0 Å². The molecule has 1 aliphatic rings. The lowest BCUT2D eigenvalue weighted by atomic mass is 10.1. The smallest absolute Gasteiger partial charge is 0.305 e. The molecule has 120 valence electrons. The van der Waals surface area contributed by atoms with Crippen LogP contribution in [0.5, 0.6) is 0 Å². The van der Waals surface area contributed by atoms with Crippen molar-refractivity contribution < 1.29 is 19.4 Å². The van der Waals surface area contributed by atoms with Gasteiger partial charge < -0.3 is 14.7 Å². The van der Waals surface area contributed by atoms with Gasteiger partial charge in [-0.05, 0) is 18.6 Å². The molecule has 0 bridgehead atoms. The van der Waals surface area contributed by atoms with Gasteiger partial charge in [0.05, 0.1) is 12.5 Å². The number of rotatable bonds is 7. The van der Waals surface area contributed by atoms with E-state index >= 15 is 0 Å². The minimum atomic E-state index is -0.877. The van der Waals surface area contributed by atoms with Crippen LogP contribution >= 0.6 is 11.8 Å². The Morgan fingerprint density at radius 3 is 2.73 bits per heavy atom. The Morgan fingerprint density at radius 2 is 2.09 bits per heavy atom. The highest BCUT2D eigenvalue weighted by molar-refractivity contribution is 7.99. The quantitative estimate of drug-likeness (QED) is 0.780. The Labute approximate surface area is 134 Å². The van der Waals surface area contributed by atoms with Crippen LogP contribution in [0.2, 0.25) is 0 Å². The number of carbonyl (C=O) groups is 2. The number of hydrogen-bond acceptors (Lipinski definition) is 4. The van der Waals surface area contributed by atoms with E-state index in [0.717, 1.165) is 4.90 Å². The van der Waals surface area contributed by atoms with Gasteiger partial charge in [0, 0.05) is 36.8 Å². The third-order valence-corrected chi connectivity index (χ3v) is 4.78. The van der Waals surface area contributed by atoms with Crippen molar-refractivity contribution in [1.29, 1.82) is 0 Å². The number of methoxy groups -OCH3 is 1. The number of ether oxygens (including phenoxy) is 1. The van der Waals surface area contributed by atoms with Crippen LogP contribution in [0, 0.1) is 0 Å². The van der Waals surface area contributed by atoms with Crippen molar-refractivity contribution >= 4 is 23.6 Å². The van der Waals surface area contributed by atoms with Crippen molar-refractivity contribution in [3.8, 4) is 0 Å². The first-order chi connectivity index (χ1) is 10.6. The average Bonchev–Trinajstić information content (AvgIpc) is 2.90. The summed E-state index contributed by atoms with van der Waals surface area (Å²) in [4.78, 5) is 26.1.